The van der Waals surface area contributed by atoms with Crippen LogP contribution in [-0.4, -0.2) is 86.6 Å². The number of hydrogen-bond acceptors (Lipinski definition) is 7. The summed E-state index contributed by atoms with van der Waals surface area (Å²) in [4.78, 5) is 61.1. The van der Waals surface area contributed by atoms with E-state index in [-0.39, 0.29) is 41.1 Å². The lowest BCUT2D eigenvalue weighted by Gasteiger charge is -2.33. The fraction of sp³-hybridized carbons (Fsp3) is 0.500. The lowest BCUT2D eigenvalue weighted by molar-refractivity contribution is -0.138. The van der Waals surface area contributed by atoms with Crippen molar-refractivity contribution in [1.29, 1.82) is 0 Å². The highest BCUT2D eigenvalue weighted by atomic mass is 16.5. The third kappa shape index (κ3) is 6.82. The Labute approximate surface area is 339 Å². The Bertz CT molecular complexity index is 2360. The van der Waals surface area contributed by atoms with E-state index >= 15 is 0 Å². The van der Waals surface area contributed by atoms with E-state index in [1.807, 2.05) is 37.9 Å². The Morgan fingerprint density at radius 1 is 0.897 bits per heavy atom. The van der Waals surface area contributed by atoms with Crippen molar-refractivity contribution in [3.8, 4) is 22.4 Å². The topological polar surface area (TPSA) is 146 Å². The van der Waals surface area contributed by atoms with Gasteiger partial charge >= 0.3 is 6.09 Å². The molecule has 1 spiro atoms. The standard InChI is InChI=1S/C46H55N7O5/c1-25(2)27(5)43(54)53-36-19-32(36)20-37(53)41-47-22-35(49-41)29-10-8-28(9-11-29)30-12-14-33-31(18-30)13-15-34-40(33)50-42(48-34)38-21-46(16-7-17-58-24-46)23-52(38)44(55)39(26(3)4)51-45(56)57-6/h8-15,18,22,25-27,32,36-39H,7,16-17,19-21,23-24H2,1-6H3,(H,47,49)(H,48,50)(H,51,56)/t27-,32+,36+,37-,38-,39-,46-/m0/s1. The van der Waals surface area contributed by atoms with Gasteiger partial charge in [-0.3, -0.25) is 9.59 Å². The first-order valence-corrected chi connectivity index (χ1v) is 21.1. The van der Waals surface area contributed by atoms with Crippen LogP contribution in [-0.2, 0) is 19.1 Å². The first kappa shape index (κ1) is 38.3. The number of benzene rings is 3. The summed E-state index contributed by atoms with van der Waals surface area (Å²) in [6, 6.07) is 18.5. The highest BCUT2D eigenvalue weighted by Crippen LogP contribution is 2.54. The zero-order valence-electron chi connectivity index (χ0n) is 34.4. The van der Waals surface area contributed by atoms with Crippen molar-refractivity contribution in [2.75, 3.05) is 26.9 Å². The summed E-state index contributed by atoms with van der Waals surface area (Å²) in [7, 11) is 1.31. The number of methoxy groups -OCH3 is 1. The second-order valence-electron chi connectivity index (χ2n) is 18.1. The highest BCUT2D eigenvalue weighted by Gasteiger charge is 2.56. The fourth-order valence-electron chi connectivity index (χ4n) is 9.80. The zero-order valence-corrected chi connectivity index (χ0v) is 34.4. The summed E-state index contributed by atoms with van der Waals surface area (Å²) in [5.74, 6) is 2.49. The van der Waals surface area contributed by atoms with Crippen molar-refractivity contribution in [3.05, 3.63) is 72.4 Å². The van der Waals surface area contributed by atoms with Crippen LogP contribution in [0.25, 0.3) is 44.2 Å². The molecule has 4 aliphatic rings. The molecule has 3 N–H and O–H groups in total. The van der Waals surface area contributed by atoms with Crippen LogP contribution in [0.4, 0.5) is 4.79 Å². The molecule has 1 saturated carbocycles. The molecule has 3 amide bonds. The first-order valence-electron chi connectivity index (χ1n) is 21.1. The molecular weight excluding hydrogens is 731 g/mol. The molecule has 12 nitrogen and oxygen atoms in total. The van der Waals surface area contributed by atoms with Gasteiger partial charge in [-0.1, -0.05) is 77.1 Å². The van der Waals surface area contributed by atoms with Gasteiger partial charge in [-0.25, -0.2) is 14.8 Å². The number of ether oxygens (including phenoxy) is 2. The van der Waals surface area contributed by atoms with Crippen LogP contribution in [0.1, 0.15) is 90.5 Å². The number of amides is 3. The largest absolute Gasteiger partial charge is 0.453 e. The van der Waals surface area contributed by atoms with Crippen LogP contribution < -0.4 is 5.32 Å². The Hall–Kier alpha value is -5.23. The number of H-pyrrole nitrogens is 2. The number of fused-ring (bicyclic) bond motifs is 4. The zero-order chi connectivity index (χ0) is 40.5. The van der Waals surface area contributed by atoms with Gasteiger partial charge in [0.25, 0.3) is 0 Å². The van der Waals surface area contributed by atoms with E-state index in [9.17, 15) is 14.4 Å². The van der Waals surface area contributed by atoms with Crippen LogP contribution in [0, 0.1) is 29.1 Å². The molecule has 3 saturated heterocycles. The number of nitrogens with one attached hydrogen (secondary N) is 3. The molecule has 3 aromatic carbocycles. The summed E-state index contributed by atoms with van der Waals surface area (Å²) in [6.07, 6.45) is 6.02. The Kier molecular flexibility index (Phi) is 9.81. The van der Waals surface area contributed by atoms with Gasteiger partial charge in [0, 0.05) is 35.9 Å². The van der Waals surface area contributed by atoms with Gasteiger partial charge in [-0.2, -0.15) is 0 Å². The normalized spacial score (nSPS) is 25.2. The molecule has 0 bridgehead atoms. The predicted octanol–water partition coefficient (Wildman–Crippen LogP) is 8.18. The number of carbonyl (C=O) groups excluding carboxylic acids is 3. The number of hydrogen-bond donors (Lipinski definition) is 3. The predicted molar refractivity (Wildman–Crippen MR) is 222 cm³/mol. The molecule has 9 rings (SSSR count). The third-order valence-corrected chi connectivity index (χ3v) is 13.6. The maximum Gasteiger partial charge on any atom is 0.407 e. The van der Waals surface area contributed by atoms with Crippen molar-refractivity contribution in [1.82, 2.24) is 35.1 Å². The van der Waals surface area contributed by atoms with Gasteiger partial charge in [0.1, 0.15) is 17.7 Å². The molecule has 0 unspecified atom stereocenters. The smallest absolute Gasteiger partial charge is 0.407 e. The Morgan fingerprint density at radius 2 is 1.67 bits per heavy atom. The molecule has 5 aromatic rings. The van der Waals surface area contributed by atoms with E-state index in [1.54, 1.807) is 0 Å². The van der Waals surface area contributed by atoms with E-state index in [2.05, 4.69) is 82.6 Å². The number of aromatic nitrogens is 4. The van der Waals surface area contributed by atoms with Gasteiger partial charge in [0.15, 0.2) is 0 Å². The number of nitrogens with zero attached hydrogens (tertiary/aromatic N) is 4. The number of aromatic amines is 2. The molecule has 12 heteroatoms. The summed E-state index contributed by atoms with van der Waals surface area (Å²) in [5, 5.41) is 4.92. The van der Waals surface area contributed by atoms with E-state index in [1.165, 1.54) is 7.11 Å². The van der Waals surface area contributed by atoms with Crippen molar-refractivity contribution < 1.29 is 23.9 Å². The third-order valence-electron chi connectivity index (χ3n) is 13.6. The summed E-state index contributed by atoms with van der Waals surface area (Å²) >= 11 is 0. The number of rotatable bonds is 9. The molecule has 2 aromatic heterocycles. The van der Waals surface area contributed by atoms with Gasteiger partial charge < -0.3 is 34.6 Å². The monoisotopic (exact) mass is 785 g/mol. The number of piperidine rings is 1. The highest BCUT2D eigenvalue weighted by molar-refractivity contribution is 6.05. The van der Waals surface area contributed by atoms with Gasteiger partial charge in [-0.05, 0) is 84.1 Å². The molecule has 7 atom stereocenters. The number of likely N-dealkylation sites (tertiary alicyclic amines) is 2. The van der Waals surface area contributed by atoms with Crippen molar-refractivity contribution in [2.24, 2.45) is 29.1 Å². The maximum atomic E-state index is 14.2. The molecule has 4 fully saturated rings. The average Bonchev–Trinajstić information content (AvgIpc) is 3.66. The minimum Gasteiger partial charge on any atom is -0.453 e. The Balaban J connectivity index is 0.957. The molecular formula is C46H55N7O5. The van der Waals surface area contributed by atoms with Crippen LogP contribution in [0.2, 0.25) is 0 Å². The van der Waals surface area contributed by atoms with E-state index in [0.717, 1.165) is 94.5 Å². The second-order valence-corrected chi connectivity index (χ2v) is 18.1. The summed E-state index contributed by atoms with van der Waals surface area (Å²) in [5.41, 5.74) is 5.82. The fourth-order valence-corrected chi connectivity index (χ4v) is 9.80. The van der Waals surface area contributed by atoms with Crippen molar-refractivity contribution >= 4 is 39.7 Å². The minimum atomic E-state index is -0.729. The minimum absolute atomic E-state index is 0.00582. The van der Waals surface area contributed by atoms with Gasteiger partial charge in [0.2, 0.25) is 11.8 Å². The molecule has 58 heavy (non-hydrogen) atoms. The van der Waals surface area contributed by atoms with Gasteiger partial charge in [-0.15, -0.1) is 0 Å². The second kappa shape index (κ2) is 14.9. The maximum absolute atomic E-state index is 14.2. The summed E-state index contributed by atoms with van der Waals surface area (Å²) in [6.45, 7) is 12.0. The van der Waals surface area contributed by atoms with E-state index < -0.39 is 12.1 Å². The lowest BCUT2D eigenvalue weighted by Crippen LogP contribution is -2.51. The van der Waals surface area contributed by atoms with Crippen molar-refractivity contribution in [2.45, 2.75) is 90.9 Å². The van der Waals surface area contributed by atoms with E-state index in [4.69, 9.17) is 19.4 Å². The molecule has 304 valence electrons. The van der Waals surface area contributed by atoms with E-state index in [0.29, 0.717) is 31.0 Å². The molecule has 1 aliphatic carbocycles. The molecule has 5 heterocycles. The van der Waals surface area contributed by atoms with Crippen LogP contribution in [0.15, 0.2) is 60.8 Å². The van der Waals surface area contributed by atoms with Gasteiger partial charge in [0.05, 0.1) is 48.7 Å². The average molecular weight is 786 g/mol. The summed E-state index contributed by atoms with van der Waals surface area (Å²) < 4.78 is 10.8. The quantitative estimate of drug-likeness (QED) is 0.137. The SMILES string of the molecule is COC(=O)N[C@H](C(=O)N1C[C@]2(CCCOC2)C[C@H]1c1nc2ccc3cc(-c4ccc(-c5cnc([C@@H]6C[C@H]7C[C@H]7N6C(=O)[C@@H](C)C(C)C)[nH]5)cc4)ccc3c2[nH]1)C(C)C. The van der Waals surface area contributed by atoms with Crippen LogP contribution >= 0.6 is 0 Å². The number of carbonyl (C=O) groups is 3. The number of alkyl carbamates (subject to hydrolysis) is 1. The lowest BCUT2D eigenvalue weighted by atomic mass is 9.80. The molecule has 0 radical (unpaired) electrons. The molecule has 3 aliphatic heterocycles. The van der Waals surface area contributed by atoms with Crippen LogP contribution in [0.5, 0.6) is 0 Å². The van der Waals surface area contributed by atoms with Crippen molar-refractivity contribution in [3.63, 3.8) is 0 Å². The van der Waals surface area contributed by atoms with Crippen LogP contribution in [0.3, 0.4) is 0 Å². The number of imidazole rings is 2. The Morgan fingerprint density at radius 3 is 2.40 bits per heavy atom. The first-order chi connectivity index (χ1) is 27.9.